The Hall–Kier alpha value is -2.89. The van der Waals surface area contributed by atoms with E-state index in [-0.39, 0.29) is 17.7 Å². The van der Waals surface area contributed by atoms with Crippen LogP contribution in [0, 0.1) is 13.8 Å². The minimum atomic E-state index is -0.640. The maximum absolute atomic E-state index is 13.4. The number of hydrogen-bond donors (Lipinski definition) is 0. The van der Waals surface area contributed by atoms with Gasteiger partial charge in [0.1, 0.15) is 5.69 Å². The quantitative estimate of drug-likeness (QED) is 0.488. The van der Waals surface area contributed by atoms with Crippen molar-refractivity contribution in [2.24, 2.45) is 7.05 Å². The topological polar surface area (TPSA) is 68.6 Å². The lowest BCUT2D eigenvalue weighted by atomic mass is 9.98. The van der Waals surface area contributed by atoms with E-state index >= 15 is 0 Å². The molecule has 0 radical (unpaired) electrons. The van der Waals surface area contributed by atoms with E-state index in [0.717, 1.165) is 5.56 Å². The molecule has 0 fully saturated rings. The molecule has 0 saturated heterocycles. The predicted octanol–water partition coefficient (Wildman–Crippen LogP) is 3.87. The number of carbonyl (C=O) groups is 3. The van der Waals surface area contributed by atoms with Gasteiger partial charge in [-0.2, -0.15) is 0 Å². The first-order valence-corrected chi connectivity index (χ1v) is 10.2. The van der Waals surface area contributed by atoms with E-state index in [9.17, 15) is 14.4 Å². The van der Waals surface area contributed by atoms with Crippen molar-refractivity contribution in [2.75, 3.05) is 7.11 Å². The van der Waals surface area contributed by atoms with Crippen molar-refractivity contribution < 1.29 is 19.1 Å². The van der Waals surface area contributed by atoms with Gasteiger partial charge in [0.2, 0.25) is 5.91 Å². The maximum atomic E-state index is 13.4. The number of hydrogen-bond acceptors (Lipinski definition) is 4. The van der Waals surface area contributed by atoms with Crippen molar-refractivity contribution in [1.82, 2.24) is 9.47 Å². The third kappa shape index (κ3) is 4.64. The summed E-state index contributed by atoms with van der Waals surface area (Å²) in [7, 11) is 3.06. The number of ketones is 1. The molecule has 30 heavy (non-hydrogen) atoms. The third-order valence-electron chi connectivity index (χ3n) is 5.67. The Kier molecular flexibility index (Phi) is 7.59. The standard InChI is InChI=1S/C24H32N2O4/c1-15(2)26(20(27)14-13-19-11-9-8-10-12-19)18(5)23(28)21-16(3)22(24(29)30-7)25(6)17(21)4/h8-12,15,18H,13-14H2,1-7H3. The van der Waals surface area contributed by atoms with Crippen molar-refractivity contribution in [3.63, 3.8) is 0 Å². The van der Waals surface area contributed by atoms with Gasteiger partial charge in [0.25, 0.3) is 0 Å². The first-order valence-electron chi connectivity index (χ1n) is 10.2. The van der Waals surface area contributed by atoms with Gasteiger partial charge < -0.3 is 14.2 Å². The molecule has 0 saturated carbocycles. The number of nitrogens with zero attached hydrogens (tertiary/aromatic N) is 2. The summed E-state index contributed by atoms with van der Waals surface area (Å²) in [6, 6.07) is 9.06. The highest BCUT2D eigenvalue weighted by Gasteiger charge is 2.33. The fourth-order valence-corrected chi connectivity index (χ4v) is 4.04. The summed E-state index contributed by atoms with van der Waals surface area (Å²) < 4.78 is 6.55. The van der Waals surface area contributed by atoms with Gasteiger partial charge in [0, 0.05) is 30.8 Å². The molecule has 0 bridgehead atoms. The molecule has 0 aliphatic heterocycles. The lowest BCUT2D eigenvalue weighted by molar-refractivity contribution is -0.134. The average molecular weight is 413 g/mol. The number of Topliss-reactive ketones (excluding diaryl/α,β-unsaturated/α-hetero) is 1. The molecule has 2 rings (SSSR count). The molecule has 1 unspecified atom stereocenters. The minimum Gasteiger partial charge on any atom is -0.464 e. The van der Waals surface area contributed by atoms with Crippen molar-refractivity contribution >= 4 is 17.7 Å². The van der Waals surface area contributed by atoms with E-state index in [1.54, 1.807) is 37.3 Å². The maximum Gasteiger partial charge on any atom is 0.354 e. The molecule has 0 N–H and O–H groups in total. The molecule has 6 nitrogen and oxygen atoms in total. The number of methoxy groups -OCH3 is 1. The zero-order valence-corrected chi connectivity index (χ0v) is 19.0. The van der Waals surface area contributed by atoms with Gasteiger partial charge in [0.05, 0.1) is 13.2 Å². The van der Waals surface area contributed by atoms with Gasteiger partial charge >= 0.3 is 5.97 Å². The van der Waals surface area contributed by atoms with Gasteiger partial charge in [-0.05, 0) is 52.2 Å². The fraction of sp³-hybridized carbons (Fsp3) is 0.458. The van der Waals surface area contributed by atoms with Crippen LogP contribution in [0.25, 0.3) is 0 Å². The van der Waals surface area contributed by atoms with Crippen LogP contribution < -0.4 is 0 Å². The third-order valence-corrected chi connectivity index (χ3v) is 5.67. The summed E-state index contributed by atoms with van der Waals surface area (Å²) in [6.07, 6.45) is 0.958. The number of carbonyl (C=O) groups excluding carboxylic acids is 3. The van der Waals surface area contributed by atoms with Crippen LogP contribution in [0.1, 0.15) is 64.9 Å². The number of amides is 1. The van der Waals surface area contributed by atoms with Gasteiger partial charge in [-0.25, -0.2) is 4.79 Å². The lowest BCUT2D eigenvalue weighted by Crippen LogP contribution is -2.47. The number of benzene rings is 1. The smallest absolute Gasteiger partial charge is 0.354 e. The van der Waals surface area contributed by atoms with Crippen LogP contribution in [-0.4, -0.2) is 46.3 Å². The second-order valence-corrected chi connectivity index (χ2v) is 7.91. The normalized spacial score (nSPS) is 12.0. The van der Waals surface area contributed by atoms with Gasteiger partial charge in [-0.3, -0.25) is 9.59 Å². The highest BCUT2D eigenvalue weighted by atomic mass is 16.5. The Morgan fingerprint density at radius 2 is 1.67 bits per heavy atom. The second-order valence-electron chi connectivity index (χ2n) is 7.91. The number of esters is 1. The summed E-state index contributed by atoms with van der Waals surface area (Å²) in [5.41, 5.74) is 3.19. The molecule has 1 aromatic heterocycles. The molecule has 0 aliphatic carbocycles. The van der Waals surface area contributed by atoms with Crippen LogP contribution in [0.15, 0.2) is 30.3 Å². The molecule has 1 aromatic carbocycles. The molecule has 162 valence electrons. The molecule has 0 spiro atoms. The Morgan fingerprint density at radius 1 is 1.07 bits per heavy atom. The van der Waals surface area contributed by atoms with Crippen molar-refractivity contribution in [3.05, 3.63) is 58.4 Å². The van der Waals surface area contributed by atoms with Gasteiger partial charge in [-0.1, -0.05) is 30.3 Å². The molecular weight excluding hydrogens is 380 g/mol. The summed E-state index contributed by atoms with van der Waals surface area (Å²) in [4.78, 5) is 40.3. The molecule has 1 heterocycles. The van der Waals surface area contributed by atoms with Crippen LogP contribution in [0.4, 0.5) is 0 Å². The van der Waals surface area contributed by atoms with E-state index in [0.29, 0.717) is 35.4 Å². The van der Waals surface area contributed by atoms with Crippen LogP contribution in [0.2, 0.25) is 0 Å². The summed E-state index contributed by atoms with van der Waals surface area (Å²) >= 11 is 0. The fourth-order valence-electron chi connectivity index (χ4n) is 4.04. The summed E-state index contributed by atoms with van der Waals surface area (Å²) in [5.74, 6) is -0.712. The van der Waals surface area contributed by atoms with Crippen molar-refractivity contribution in [1.29, 1.82) is 0 Å². The molecule has 1 atom stereocenters. The number of aromatic nitrogens is 1. The van der Waals surface area contributed by atoms with E-state index in [2.05, 4.69) is 0 Å². The minimum absolute atomic E-state index is 0.0610. The van der Waals surface area contributed by atoms with Crippen LogP contribution in [-0.2, 0) is 23.0 Å². The molecule has 0 aliphatic rings. The Balaban J connectivity index is 2.29. The van der Waals surface area contributed by atoms with Crippen LogP contribution >= 0.6 is 0 Å². The lowest BCUT2D eigenvalue weighted by Gasteiger charge is -2.32. The van der Waals surface area contributed by atoms with E-state index in [1.165, 1.54) is 7.11 Å². The molecular formula is C24H32N2O4. The SMILES string of the molecule is COC(=O)c1c(C)c(C(=O)C(C)N(C(=O)CCc2ccccc2)C(C)C)c(C)n1C. The largest absolute Gasteiger partial charge is 0.464 e. The zero-order valence-electron chi connectivity index (χ0n) is 19.0. The molecule has 1 amide bonds. The van der Waals surface area contributed by atoms with E-state index < -0.39 is 12.0 Å². The number of rotatable bonds is 8. The highest BCUT2D eigenvalue weighted by Crippen LogP contribution is 2.25. The monoisotopic (exact) mass is 412 g/mol. The predicted molar refractivity (Wildman–Crippen MR) is 117 cm³/mol. The number of ether oxygens (including phenoxy) is 1. The second kappa shape index (κ2) is 9.74. The van der Waals surface area contributed by atoms with Gasteiger partial charge in [0.15, 0.2) is 5.78 Å². The Labute approximate surface area is 178 Å². The molecule has 6 heteroatoms. The van der Waals surface area contributed by atoms with E-state index in [4.69, 9.17) is 4.74 Å². The first kappa shape index (κ1) is 23.4. The van der Waals surface area contributed by atoms with Crippen LogP contribution in [0.5, 0.6) is 0 Å². The van der Waals surface area contributed by atoms with E-state index in [1.807, 2.05) is 44.2 Å². The molecule has 2 aromatic rings. The Morgan fingerprint density at radius 3 is 2.20 bits per heavy atom. The van der Waals surface area contributed by atoms with Crippen molar-refractivity contribution in [3.8, 4) is 0 Å². The van der Waals surface area contributed by atoms with Gasteiger partial charge in [-0.15, -0.1) is 0 Å². The average Bonchev–Trinajstić information content (AvgIpc) is 2.94. The number of aryl methyl sites for hydroxylation is 1. The zero-order chi connectivity index (χ0) is 22.6. The van der Waals surface area contributed by atoms with Crippen molar-refractivity contribution in [2.45, 2.75) is 59.5 Å². The summed E-state index contributed by atoms with van der Waals surface area (Å²) in [6.45, 7) is 9.13. The summed E-state index contributed by atoms with van der Waals surface area (Å²) in [5, 5.41) is 0. The first-order chi connectivity index (χ1) is 14.1. The highest BCUT2D eigenvalue weighted by molar-refractivity contribution is 6.06. The Bertz CT molecular complexity index is 928. The van der Waals surface area contributed by atoms with Crippen LogP contribution in [0.3, 0.4) is 0 Å².